The van der Waals surface area contributed by atoms with Crippen LogP contribution in [0.5, 0.6) is 11.5 Å². The van der Waals surface area contributed by atoms with E-state index < -0.39 is 17.9 Å². The number of para-hydroxylation sites is 1. The zero-order valence-electron chi connectivity index (χ0n) is 29.4. The van der Waals surface area contributed by atoms with Crippen LogP contribution in [0.25, 0.3) is 11.0 Å². The first kappa shape index (κ1) is 34.7. The van der Waals surface area contributed by atoms with Crippen LogP contribution in [-0.2, 0) is 23.6 Å². The van der Waals surface area contributed by atoms with Crippen LogP contribution in [0.4, 0.5) is 0 Å². The van der Waals surface area contributed by atoms with Crippen molar-refractivity contribution < 1.29 is 29.2 Å². The summed E-state index contributed by atoms with van der Waals surface area (Å²) in [6.45, 7) is 14.2. The van der Waals surface area contributed by atoms with Gasteiger partial charge in [-0.25, -0.2) is 9.78 Å². The van der Waals surface area contributed by atoms with Crippen molar-refractivity contribution in [2.45, 2.75) is 90.9 Å². The highest BCUT2D eigenvalue weighted by Gasteiger charge is 2.49. The smallest absolute Gasteiger partial charge is 0.335 e. The van der Waals surface area contributed by atoms with Crippen LogP contribution in [0.3, 0.4) is 0 Å². The molecule has 2 aromatic heterocycles. The number of aliphatic hydroxyl groups excluding tert-OH is 1. The quantitative estimate of drug-likeness (QED) is 0.167. The summed E-state index contributed by atoms with van der Waals surface area (Å²) in [5.41, 5.74) is 3.33. The molecular weight excluding hydrogens is 656 g/mol. The van der Waals surface area contributed by atoms with E-state index >= 15 is 0 Å². The van der Waals surface area contributed by atoms with Gasteiger partial charge >= 0.3 is 5.97 Å². The third-order valence-electron chi connectivity index (χ3n) is 11.4. The van der Waals surface area contributed by atoms with Gasteiger partial charge in [0.15, 0.2) is 11.5 Å². The molecule has 0 bridgehead atoms. The number of carboxylic acid groups (broad SMARTS) is 1. The van der Waals surface area contributed by atoms with Crippen molar-refractivity contribution in [2.24, 2.45) is 17.3 Å². The third kappa shape index (κ3) is 6.47. The molecule has 0 saturated carbocycles. The monoisotopic (exact) mass is 702 g/mol. The number of benzene rings is 2. The van der Waals surface area contributed by atoms with Crippen molar-refractivity contribution in [2.75, 3.05) is 19.7 Å². The number of hydrogen-bond donors (Lipinski definition) is 2. The van der Waals surface area contributed by atoms with Crippen molar-refractivity contribution in [1.82, 2.24) is 19.4 Å². The number of imidazole rings is 1. The van der Waals surface area contributed by atoms with Crippen LogP contribution < -0.4 is 9.47 Å². The number of aromatic carboxylic acids is 1. The van der Waals surface area contributed by atoms with Crippen LogP contribution >= 0.6 is 11.6 Å². The van der Waals surface area contributed by atoms with Gasteiger partial charge < -0.3 is 29.0 Å². The second-order valence-corrected chi connectivity index (χ2v) is 15.6. The molecule has 2 aromatic carbocycles. The summed E-state index contributed by atoms with van der Waals surface area (Å²) in [5, 5.41) is 21.4. The van der Waals surface area contributed by atoms with E-state index in [9.17, 15) is 15.0 Å². The fourth-order valence-electron chi connectivity index (χ4n) is 7.99. The van der Waals surface area contributed by atoms with Gasteiger partial charge in [0, 0.05) is 31.8 Å². The maximum atomic E-state index is 11.9. The standard InChI is InChI=1S/C39H47ClN4O6/c1-23(2)32(45)17-24(3)38(4)22-43(21-35-42-30-11-9-25(37(46)47)18-31(30)44(35)20-27-14-16-48-27)15-13-29(38)28-7-6-8-33-36(28)50-39(5,49-33)34-12-10-26(40)19-41-34/h6-12,18-19,23-24,27,29,32,45H,13-17,20-22H2,1-5H3,(H,46,47)/t24-,27+,29?,32-,38+,39+/m1/s1. The first-order valence-electron chi connectivity index (χ1n) is 17.7. The zero-order valence-corrected chi connectivity index (χ0v) is 30.2. The molecule has 7 rings (SSSR count). The molecule has 3 aliphatic rings. The van der Waals surface area contributed by atoms with Gasteiger partial charge in [-0.3, -0.25) is 9.88 Å². The number of ether oxygens (including phenoxy) is 3. The van der Waals surface area contributed by atoms with Gasteiger partial charge in [-0.05, 0) is 85.4 Å². The van der Waals surface area contributed by atoms with E-state index in [0.29, 0.717) is 36.0 Å². The minimum atomic E-state index is -1.09. The van der Waals surface area contributed by atoms with Gasteiger partial charge in [0.2, 0.25) is 0 Å². The van der Waals surface area contributed by atoms with Gasteiger partial charge in [-0.15, -0.1) is 0 Å². The lowest BCUT2D eigenvalue weighted by atomic mass is 9.61. The zero-order chi connectivity index (χ0) is 35.4. The van der Waals surface area contributed by atoms with E-state index in [0.717, 1.165) is 60.7 Å². The second kappa shape index (κ2) is 13.5. The lowest BCUT2D eigenvalue weighted by Crippen LogP contribution is -2.50. The van der Waals surface area contributed by atoms with E-state index in [1.165, 1.54) is 0 Å². The molecule has 50 heavy (non-hydrogen) atoms. The van der Waals surface area contributed by atoms with Crippen molar-refractivity contribution >= 4 is 28.6 Å². The van der Waals surface area contributed by atoms with E-state index in [4.69, 9.17) is 30.8 Å². The number of carboxylic acids is 1. The minimum Gasteiger partial charge on any atom is -0.478 e. The van der Waals surface area contributed by atoms with E-state index in [2.05, 4.69) is 48.2 Å². The fourth-order valence-corrected chi connectivity index (χ4v) is 8.11. The van der Waals surface area contributed by atoms with Crippen molar-refractivity contribution in [3.8, 4) is 11.5 Å². The Morgan fingerprint density at radius 1 is 1.10 bits per heavy atom. The van der Waals surface area contributed by atoms with Crippen LogP contribution in [-0.4, -0.2) is 67.5 Å². The summed E-state index contributed by atoms with van der Waals surface area (Å²) in [6.07, 6.45) is 3.77. The average Bonchev–Trinajstić information content (AvgIpc) is 3.59. The summed E-state index contributed by atoms with van der Waals surface area (Å²) in [5.74, 6) is 0.708. The lowest BCUT2D eigenvalue weighted by molar-refractivity contribution is -0.0729. The van der Waals surface area contributed by atoms with Crippen LogP contribution in [0, 0.1) is 17.3 Å². The molecule has 3 aliphatic heterocycles. The number of carbonyl (C=O) groups is 1. The number of nitrogens with zero attached hydrogens (tertiary/aromatic N) is 4. The number of pyridine rings is 1. The first-order chi connectivity index (χ1) is 23.8. The molecule has 10 nitrogen and oxygen atoms in total. The predicted molar refractivity (Wildman–Crippen MR) is 191 cm³/mol. The number of halogens is 1. The molecule has 2 saturated heterocycles. The number of piperidine rings is 1. The number of aromatic nitrogens is 3. The number of aliphatic hydroxyl groups is 1. The molecule has 6 atom stereocenters. The molecule has 11 heteroatoms. The van der Waals surface area contributed by atoms with Crippen molar-refractivity contribution in [3.63, 3.8) is 0 Å². The average molecular weight is 703 g/mol. The Morgan fingerprint density at radius 3 is 2.58 bits per heavy atom. The van der Waals surface area contributed by atoms with E-state index in [-0.39, 0.29) is 34.8 Å². The van der Waals surface area contributed by atoms with Crippen LogP contribution in [0.2, 0.25) is 5.02 Å². The Bertz CT molecular complexity index is 1880. The summed E-state index contributed by atoms with van der Waals surface area (Å²) < 4.78 is 21.1. The number of fused-ring (bicyclic) bond motifs is 2. The van der Waals surface area contributed by atoms with E-state index in [1.807, 2.05) is 25.1 Å². The highest BCUT2D eigenvalue weighted by atomic mass is 35.5. The van der Waals surface area contributed by atoms with Crippen molar-refractivity contribution in [3.05, 3.63) is 82.4 Å². The molecule has 5 heterocycles. The third-order valence-corrected chi connectivity index (χ3v) is 11.6. The molecule has 0 spiro atoms. The maximum Gasteiger partial charge on any atom is 0.335 e. The topological polar surface area (TPSA) is 119 Å². The van der Waals surface area contributed by atoms with Crippen LogP contribution in [0.15, 0.2) is 54.7 Å². The highest BCUT2D eigenvalue weighted by molar-refractivity contribution is 6.30. The molecule has 4 aromatic rings. The maximum absolute atomic E-state index is 11.9. The lowest BCUT2D eigenvalue weighted by Gasteiger charge is -2.50. The minimum absolute atomic E-state index is 0.0873. The van der Waals surface area contributed by atoms with Gasteiger partial charge in [-0.1, -0.05) is 51.4 Å². The van der Waals surface area contributed by atoms with Gasteiger partial charge in [0.25, 0.3) is 5.79 Å². The SMILES string of the molecule is CC(C)[C@H](O)C[C@@H](C)[C@]1(C)CN(Cc2nc3ccc(C(=O)O)cc3n2C[C@@H]2CCO2)CCC1c1cccc2c1O[C@@](C)(c1ccc(Cl)cn1)O2. The number of rotatable bonds is 11. The van der Waals surface area contributed by atoms with E-state index in [1.54, 1.807) is 30.5 Å². The molecule has 2 fully saturated rings. The molecule has 0 amide bonds. The Balaban J connectivity index is 1.21. The molecule has 0 aliphatic carbocycles. The molecule has 0 radical (unpaired) electrons. The Labute approximate surface area is 298 Å². The van der Waals surface area contributed by atoms with Gasteiger partial charge in [0.05, 0.1) is 46.9 Å². The summed E-state index contributed by atoms with van der Waals surface area (Å²) in [7, 11) is 0. The summed E-state index contributed by atoms with van der Waals surface area (Å²) >= 11 is 6.14. The largest absolute Gasteiger partial charge is 0.478 e. The van der Waals surface area contributed by atoms with Crippen molar-refractivity contribution in [1.29, 1.82) is 0 Å². The Kier molecular flexibility index (Phi) is 9.34. The Morgan fingerprint density at radius 2 is 1.90 bits per heavy atom. The first-order valence-corrected chi connectivity index (χ1v) is 18.1. The van der Waals surface area contributed by atoms with Gasteiger partial charge in [-0.2, -0.15) is 0 Å². The summed E-state index contributed by atoms with van der Waals surface area (Å²) in [6, 6.07) is 14.9. The number of hydrogen-bond acceptors (Lipinski definition) is 8. The summed E-state index contributed by atoms with van der Waals surface area (Å²) in [4.78, 5) is 23.9. The van der Waals surface area contributed by atoms with Crippen LogP contribution in [0.1, 0.15) is 87.2 Å². The molecular formula is C39H47ClN4O6. The Hall–Kier alpha value is -3.70. The fraction of sp³-hybridized carbons (Fsp3) is 0.513. The highest BCUT2D eigenvalue weighted by Crippen LogP contribution is 2.55. The molecule has 2 N–H and O–H groups in total. The molecule has 1 unspecified atom stereocenters. The predicted octanol–water partition coefficient (Wildman–Crippen LogP) is 7.25. The van der Waals surface area contributed by atoms with Gasteiger partial charge in [0.1, 0.15) is 11.5 Å². The second-order valence-electron chi connectivity index (χ2n) is 15.1. The normalized spacial score (nSPS) is 26.2. The molecule has 266 valence electrons. The number of likely N-dealkylation sites (tertiary alicyclic amines) is 1.